The van der Waals surface area contributed by atoms with Crippen molar-refractivity contribution >= 4 is 34.2 Å². The molecule has 0 aliphatic heterocycles. The lowest BCUT2D eigenvalue weighted by atomic mass is 10.0. The van der Waals surface area contributed by atoms with Gasteiger partial charge in [-0.2, -0.15) is 5.10 Å². The van der Waals surface area contributed by atoms with E-state index in [4.69, 9.17) is 10.5 Å². The maximum atomic E-state index is 14.6. The molecule has 4 aromatic rings. The predicted octanol–water partition coefficient (Wildman–Crippen LogP) is 3.63. The second-order valence-electron chi connectivity index (χ2n) is 8.47. The largest absolute Gasteiger partial charge is 0.457 e. The van der Waals surface area contributed by atoms with Crippen LogP contribution in [-0.4, -0.2) is 26.6 Å². The summed E-state index contributed by atoms with van der Waals surface area (Å²) < 4.78 is 20.8. The zero-order valence-corrected chi connectivity index (χ0v) is 19.7. The highest BCUT2D eigenvalue weighted by atomic mass is 19.1. The molecule has 0 unspecified atom stereocenters. The molecule has 0 bridgehead atoms. The minimum Gasteiger partial charge on any atom is -0.457 e. The van der Waals surface area contributed by atoms with Crippen molar-refractivity contribution in [2.45, 2.75) is 32.9 Å². The second-order valence-corrected chi connectivity index (χ2v) is 8.47. The number of nitrogens with zero attached hydrogens (tertiary/aromatic N) is 3. The highest BCUT2D eigenvalue weighted by molar-refractivity contribution is 5.92. The first-order chi connectivity index (χ1) is 17.2. The van der Waals surface area contributed by atoms with Gasteiger partial charge in [0.1, 0.15) is 13.2 Å². The van der Waals surface area contributed by atoms with E-state index in [1.165, 1.54) is 0 Å². The van der Waals surface area contributed by atoms with Crippen molar-refractivity contribution in [1.82, 2.24) is 14.8 Å². The van der Waals surface area contributed by atoms with Gasteiger partial charge in [-0.05, 0) is 35.7 Å². The molecular weight excluding hydrogens is 465 g/mol. The zero-order chi connectivity index (χ0) is 25.8. The van der Waals surface area contributed by atoms with Crippen molar-refractivity contribution in [3.63, 3.8) is 0 Å². The number of amides is 1. The number of carbonyl (C=O) groups excluding carboxylic acids is 2. The molecule has 0 saturated heterocycles. The van der Waals surface area contributed by atoms with E-state index in [0.717, 1.165) is 22.5 Å². The smallest absolute Gasteiger partial charge is 0.340 e. The summed E-state index contributed by atoms with van der Waals surface area (Å²) >= 11 is 0. The van der Waals surface area contributed by atoms with Gasteiger partial charge in [0.15, 0.2) is 11.6 Å². The number of fused-ring (bicyclic) bond motifs is 1. The Bertz CT molecular complexity index is 1500. The van der Waals surface area contributed by atoms with Gasteiger partial charge >= 0.3 is 5.97 Å². The van der Waals surface area contributed by atoms with E-state index >= 15 is 0 Å². The minimum atomic E-state index is -0.922. The standard InChI is InChI=1S/C26H24FN5O4/c1-15(2)23-20-11-18(28)8-9-19(20)25(34)32(31-23)13-22(33)30-24-21(27)10-17(12-29-24)26(35)36-14-16-6-4-3-5-7-16/h3-12,15H,13-14,28H2,1-2H3,(H,29,30,33). The average Bonchev–Trinajstić information content (AvgIpc) is 2.85. The van der Waals surface area contributed by atoms with Crippen molar-refractivity contribution in [3.8, 4) is 0 Å². The topological polar surface area (TPSA) is 129 Å². The number of hydrogen-bond donors (Lipinski definition) is 2. The first-order valence-corrected chi connectivity index (χ1v) is 11.2. The summed E-state index contributed by atoms with van der Waals surface area (Å²) in [6.07, 6.45) is 1.10. The number of esters is 1. The molecule has 3 N–H and O–H groups in total. The molecule has 0 aliphatic rings. The normalized spacial score (nSPS) is 11.0. The summed E-state index contributed by atoms with van der Waals surface area (Å²) in [6.45, 7) is 3.39. The van der Waals surface area contributed by atoms with Crippen LogP contribution in [0.4, 0.5) is 15.9 Å². The molecule has 0 aliphatic carbocycles. The lowest BCUT2D eigenvalue weighted by Crippen LogP contribution is -2.31. The number of aromatic nitrogens is 3. The fourth-order valence-corrected chi connectivity index (χ4v) is 3.62. The maximum Gasteiger partial charge on any atom is 0.340 e. The first kappa shape index (κ1) is 24.5. The summed E-state index contributed by atoms with van der Waals surface area (Å²) in [5.41, 5.74) is 7.16. The molecule has 0 fully saturated rings. The third-order valence-corrected chi connectivity index (χ3v) is 5.40. The second kappa shape index (κ2) is 10.3. The molecule has 0 radical (unpaired) electrons. The van der Waals surface area contributed by atoms with Crippen LogP contribution < -0.4 is 16.6 Å². The Morgan fingerprint density at radius 1 is 1.11 bits per heavy atom. The number of carbonyl (C=O) groups is 2. The zero-order valence-electron chi connectivity index (χ0n) is 19.7. The molecule has 10 heteroatoms. The van der Waals surface area contributed by atoms with Gasteiger partial charge < -0.3 is 15.8 Å². The first-order valence-electron chi connectivity index (χ1n) is 11.2. The fourth-order valence-electron chi connectivity index (χ4n) is 3.62. The average molecular weight is 490 g/mol. The number of rotatable bonds is 7. The Labute approximate surface area is 205 Å². The number of nitrogens with two attached hydrogens (primary N) is 1. The number of hydrogen-bond acceptors (Lipinski definition) is 7. The molecule has 0 saturated carbocycles. The number of nitrogen functional groups attached to an aromatic ring is 1. The van der Waals surface area contributed by atoms with E-state index in [9.17, 15) is 18.8 Å². The van der Waals surface area contributed by atoms with Crippen molar-refractivity contribution < 1.29 is 18.7 Å². The van der Waals surface area contributed by atoms with Crippen molar-refractivity contribution in [2.75, 3.05) is 11.1 Å². The number of anilines is 2. The van der Waals surface area contributed by atoms with Gasteiger partial charge in [0.25, 0.3) is 5.56 Å². The Kier molecular flexibility index (Phi) is 7.05. The van der Waals surface area contributed by atoms with Gasteiger partial charge in [-0.25, -0.2) is 18.9 Å². The van der Waals surface area contributed by atoms with Crippen LogP contribution in [0, 0.1) is 5.82 Å². The van der Waals surface area contributed by atoms with Crippen LogP contribution in [0.1, 0.15) is 41.4 Å². The molecule has 36 heavy (non-hydrogen) atoms. The van der Waals surface area contributed by atoms with Crippen LogP contribution in [-0.2, 0) is 22.7 Å². The molecule has 0 spiro atoms. The summed E-state index contributed by atoms with van der Waals surface area (Å²) in [7, 11) is 0. The van der Waals surface area contributed by atoms with Gasteiger partial charge in [-0.15, -0.1) is 0 Å². The van der Waals surface area contributed by atoms with E-state index in [1.54, 1.807) is 30.3 Å². The van der Waals surface area contributed by atoms with Gasteiger partial charge in [-0.1, -0.05) is 44.2 Å². The van der Waals surface area contributed by atoms with Crippen LogP contribution in [0.5, 0.6) is 0 Å². The number of pyridine rings is 1. The minimum absolute atomic E-state index is 0.0260. The van der Waals surface area contributed by atoms with Gasteiger partial charge in [0, 0.05) is 17.3 Å². The molecular formula is C26H24FN5O4. The maximum absolute atomic E-state index is 14.6. The number of halogens is 1. The molecule has 2 aromatic heterocycles. The van der Waals surface area contributed by atoms with E-state index in [1.807, 2.05) is 32.0 Å². The number of ether oxygens (including phenoxy) is 1. The third-order valence-electron chi connectivity index (χ3n) is 5.40. The summed E-state index contributed by atoms with van der Waals surface area (Å²) in [4.78, 5) is 41.6. The Hall–Kier alpha value is -4.60. The molecule has 2 heterocycles. The summed E-state index contributed by atoms with van der Waals surface area (Å²) in [5.74, 6) is -2.81. The quantitative estimate of drug-likeness (QED) is 0.300. The lowest BCUT2D eigenvalue weighted by Gasteiger charge is -2.14. The molecule has 184 valence electrons. The van der Waals surface area contributed by atoms with Crippen LogP contribution in [0.2, 0.25) is 0 Å². The molecule has 2 aromatic carbocycles. The van der Waals surface area contributed by atoms with Crippen LogP contribution in [0.3, 0.4) is 0 Å². The van der Waals surface area contributed by atoms with Crippen molar-refractivity contribution in [1.29, 1.82) is 0 Å². The number of nitrogens with one attached hydrogen (secondary N) is 1. The van der Waals surface area contributed by atoms with Crippen molar-refractivity contribution in [2.24, 2.45) is 0 Å². The van der Waals surface area contributed by atoms with E-state index in [-0.39, 0.29) is 23.9 Å². The van der Waals surface area contributed by atoms with Gasteiger partial charge in [-0.3, -0.25) is 9.59 Å². The highest BCUT2D eigenvalue weighted by Crippen LogP contribution is 2.23. The molecule has 9 nitrogen and oxygen atoms in total. The van der Waals surface area contributed by atoms with Gasteiger partial charge in [0.05, 0.1) is 16.6 Å². The Morgan fingerprint density at radius 3 is 2.56 bits per heavy atom. The predicted molar refractivity (Wildman–Crippen MR) is 133 cm³/mol. The Balaban J connectivity index is 1.48. The Morgan fingerprint density at radius 2 is 1.86 bits per heavy atom. The van der Waals surface area contributed by atoms with E-state index in [2.05, 4.69) is 15.4 Å². The molecule has 1 amide bonds. The van der Waals surface area contributed by atoms with E-state index in [0.29, 0.717) is 22.2 Å². The molecule has 0 atom stereocenters. The summed E-state index contributed by atoms with van der Waals surface area (Å²) in [6, 6.07) is 14.8. The van der Waals surface area contributed by atoms with Crippen LogP contribution in [0.15, 0.2) is 65.6 Å². The SMILES string of the molecule is CC(C)c1nn(CC(=O)Nc2ncc(C(=O)OCc3ccccc3)cc2F)c(=O)c2ccc(N)cc12. The summed E-state index contributed by atoms with van der Waals surface area (Å²) in [5, 5.41) is 7.65. The van der Waals surface area contributed by atoms with Crippen LogP contribution in [0.25, 0.3) is 10.8 Å². The fraction of sp³-hybridized carbons (Fsp3) is 0.192. The molecule has 4 rings (SSSR count). The van der Waals surface area contributed by atoms with Crippen LogP contribution >= 0.6 is 0 Å². The highest BCUT2D eigenvalue weighted by Gasteiger charge is 2.18. The van der Waals surface area contributed by atoms with Gasteiger partial charge in [0.2, 0.25) is 5.91 Å². The third kappa shape index (κ3) is 5.38. The lowest BCUT2D eigenvalue weighted by molar-refractivity contribution is -0.117. The van der Waals surface area contributed by atoms with Crippen molar-refractivity contribution in [3.05, 3.63) is 93.8 Å². The number of benzene rings is 2. The monoisotopic (exact) mass is 489 g/mol. The van der Waals surface area contributed by atoms with E-state index < -0.39 is 29.8 Å².